The normalized spacial score (nSPS) is 13.0. The van der Waals surface area contributed by atoms with Gasteiger partial charge >= 0.3 is 5.97 Å². The highest BCUT2D eigenvalue weighted by atomic mass is 32.2. The van der Waals surface area contributed by atoms with Gasteiger partial charge in [-0.3, -0.25) is 0 Å². The van der Waals surface area contributed by atoms with Crippen LogP contribution in [0.4, 0.5) is 11.4 Å². The molecule has 0 aliphatic rings. The largest absolute Gasteiger partial charge is 0.478 e. The number of hydrogen-bond acceptors (Lipinski definition) is 5. The third kappa shape index (κ3) is 4.25. The highest BCUT2D eigenvalue weighted by Gasteiger charge is 2.15. The molecule has 0 aliphatic carbocycles. The maximum atomic E-state index is 11.1. The van der Waals surface area contributed by atoms with Gasteiger partial charge in [-0.05, 0) is 25.1 Å². The third-order valence-electron chi connectivity index (χ3n) is 2.23. The fourth-order valence-corrected chi connectivity index (χ4v) is 2.62. The number of carboxylic acids is 1. The smallest absolute Gasteiger partial charge is 0.337 e. The van der Waals surface area contributed by atoms with Crippen molar-refractivity contribution in [2.75, 3.05) is 23.1 Å². The molecule has 1 aromatic carbocycles. The topological polar surface area (TPSA) is 109 Å². The Labute approximate surface area is 106 Å². The zero-order chi connectivity index (χ0) is 13.9. The number of nitrogens with two attached hydrogens (primary N) is 1. The summed E-state index contributed by atoms with van der Waals surface area (Å²) in [6, 6.07) is 3.94. The van der Waals surface area contributed by atoms with Crippen LogP contribution in [0.25, 0.3) is 0 Å². The van der Waals surface area contributed by atoms with Crippen LogP contribution in [0, 0.1) is 0 Å². The number of benzene rings is 1. The van der Waals surface area contributed by atoms with Crippen molar-refractivity contribution in [2.45, 2.75) is 13.0 Å². The fourth-order valence-electron chi connectivity index (χ4n) is 1.63. The molecule has 0 saturated heterocycles. The summed E-state index contributed by atoms with van der Waals surface area (Å²) >= 11 is 0. The summed E-state index contributed by atoms with van der Waals surface area (Å²) in [5.41, 5.74) is 6.37. The van der Waals surface area contributed by atoms with Crippen molar-refractivity contribution in [2.24, 2.45) is 0 Å². The van der Waals surface area contributed by atoms with Crippen molar-refractivity contribution in [3.63, 3.8) is 0 Å². The van der Waals surface area contributed by atoms with E-state index in [4.69, 9.17) is 10.8 Å². The minimum Gasteiger partial charge on any atom is -0.478 e. The van der Waals surface area contributed by atoms with Gasteiger partial charge in [0.15, 0.2) is 0 Å². The summed E-state index contributed by atoms with van der Waals surface area (Å²) < 4.78 is 22.3. The number of carboxylic acid groups (broad SMARTS) is 1. The van der Waals surface area contributed by atoms with Crippen molar-refractivity contribution in [3.8, 4) is 0 Å². The Balaban J connectivity index is 2.96. The second-order valence-electron chi connectivity index (χ2n) is 4.25. The van der Waals surface area contributed by atoms with Crippen LogP contribution >= 0.6 is 0 Å². The van der Waals surface area contributed by atoms with Crippen LogP contribution in [0.1, 0.15) is 17.3 Å². The number of rotatable bonds is 5. The number of nitrogens with one attached hydrogen (secondary N) is 1. The van der Waals surface area contributed by atoms with Crippen molar-refractivity contribution in [1.29, 1.82) is 0 Å². The monoisotopic (exact) mass is 272 g/mol. The van der Waals surface area contributed by atoms with Crippen molar-refractivity contribution in [3.05, 3.63) is 23.8 Å². The van der Waals surface area contributed by atoms with E-state index in [0.29, 0.717) is 11.4 Å². The van der Waals surface area contributed by atoms with Crippen LogP contribution in [0.5, 0.6) is 0 Å². The highest BCUT2D eigenvalue weighted by Crippen LogP contribution is 2.20. The summed E-state index contributed by atoms with van der Waals surface area (Å²) in [6.07, 6.45) is 1.13. The van der Waals surface area contributed by atoms with Gasteiger partial charge in [0.1, 0.15) is 9.84 Å². The lowest BCUT2D eigenvalue weighted by Crippen LogP contribution is -2.26. The summed E-state index contributed by atoms with van der Waals surface area (Å²) in [4.78, 5) is 11.0. The molecule has 100 valence electrons. The Kier molecular flexibility index (Phi) is 4.18. The Morgan fingerprint density at radius 1 is 1.50 bits per heavy atom. The SMILES string of the molecule is CC(CS(C)(=O)=O)Nc1cc(N)ccc1C(=O)O. The minimum absolute atomic E-state index is 0.0598. The Bertz CT molecular complexity index is 554. The van der Waals surface area contributed by atoms with Gasteiger partial charge in [-0.25, -0.2) is 13.2 Å². The summed E-state index contributed by atoms with van der Waals surface area (Å²) in [5, 5.41) is 11.9. The molecule has 1 rings (SSSR count). The summed E-state index contributed by atoms with van der Waals surface area (Å²) in [7, 11) is -3.13. The van der Waals surface area contributed by atoms with E-state index in [1.807, 2.05) is 0 Å². The van der Waals surface area contributed by atoms with E-state index in [2.05, 4.69) is 5.32 Å². The lowest BCUT2D eigenvalue weighted by molar-refractivity contribution is 0.0698. The second kappa shape index (κ2) is 5.26. The number of anilines is 2. The van der Waals surface area contributed by atoms with E-state index in [9.17, 15) is 13.2 Å². The molecule has 0 fully saturated rings. The molecule has 0 aliphatic heterocycles. The van der Waals surface area contributed by atoms with Gasteiger partial charge in [0.2, 0.25) is 0 Å². The van der Waals surface area contributed by atoms with Gasteiger partial charge in [0.25, 0.3) is 0 Å². The van der Waals surface area contributed by atoms with Crippen LogP contribution in [0.2, 0.25) is 0 Å². The number of sulfone groups is 1. The standard InChI is InChI=1S/C11H16N2O4S/c1-7(6-18(2,16)17)13-10-5-8(12)3-4-9(10)11(14)15/h3-5,7,13H,6,12H2,1-2H3,(H,14,15). The van der Waals surface area contributed by atoms with Crippen molar-refractivity contribution >= 4 is 27.2 Å². The molecule has 0 spiro atoms. The lowest BCUT2D eigenvalue weighted by atomic mass is 10.1. The molecule has 0 bridgehead atoms. The first-order valence-corrected chi connectivity index (χ1v) is 7.32. The molecule has 1 aromatic rings. The third-order valence-corrected chi connectivity index (χ3v) is 3.33. The molecule has 4 N–H and O–H groups in total. The molecular formula is C11H16N2O4S. The highest BCUT2D eigenvalue weighted by molar-refractivity contribution is 7.90. The quantitative estimate of drug-likeness (QED) is 0.684. The molecule has 0 heterocycles. The maximum Gasteiger partial charge on any atom is 0.337 e. The predicted molar refractivity (Wildman–Crippen MR) is 70.6 cm³/mol. The number of aromatic carboxylic acids is 1. The summed E-state index contributed by atoms with van der Waals surface area (Å²) in [5.74, 6) is -1.18. The molecule has 0 aromatic heterocycles. The zero-order valence-electron chi connectivity index (χ0n) is 10.2. The molecule has 6 nitrogen and oxygen atoms in total. The Morgan fingerprint density at radius 3 is 2.61 bits per heavy atom. The fraction of sp³-hybridized carbons (Fsp3) is 0.364. The van der Waals surface area contributed by atoms with E-state index in [1.54, 1.807) is 6.92 Å². The van der Waals surface area contributed by atoms with Gasteiger partial charge in [0.05, 0.1) is 17.0 Å². The van der Waals surface area contributed by atoms with Crippen molar-refractivity contribution in [1.82, 2.24) is 0 Å². The minimum atomic E-state index is -3.13. The van der Waals surface area contributed by atoms with Gasteiger partial charge in [-0.2, -0.15) is 0 Å². The average molecular weight is 272 g/mol. The number of hydrogen-bond donors (Lipinski definition) is 3. The Morgan fingerprint density at radius 2 is 2.11 bits per heavy atom. The first-order valence-electron chi connectivity index (χ1n) is 5.26. The molecule has 0 saturated carbocycles. The number of carbonyl (C=O) groups is 1. The van der Waals surface area contributed by atoms with Gasteiger partial charge in [-0.1, -0.05) is 0 Å². The van der Waals surface area contributed by atoms with E-state index in [-0.39, 0.29) is 11.3 Å². The maximum absolute atomic E-state index is 11.1. The predicted octanol–water partition coefficient (Wildman–Crippen LogP) is 0.812. The first kappa shape index (κ1) is 14.3. The summed E-state index contributed by atoms with van der Waals surface area (Å²) in [6.45, 7) is 1.66. The first-order chi connectivity index (χ1) is 8.19. The second-order valence-corrected chi connectivity index (χ2v) is 6.43. The zero-order valence-corrected chi connectivity index (χ0v) is 11.0. The Hall–Kier alpha value is -1.76. The molecule has 1 unspecified atom stereocenters. The van der Waals surface area contributed by atoms with E-state index >= 15 is 0 Å². The van der Waals surface area contributed by atoms with Crippen molar-refractivity contribution < 1.29 is 18.3 Å². The number of nitrogen functional groups attached to an aromatic ring is 1. The van der Waals surface area contributed by atoms with Gasteiger partial charge in [0, 0.05) is 18.0 Å². The van der Waals surface area contributed by atoms with Crippen LogP contribution < -0.4 is 11.1 Å². The van der Waals surface area contributed by atoms with E-state index in [1.165, 1.54) is 18.2 Å². The molecular weight excluding hydrogens is 256 g/mol. The van der Waals surface area contributed by atoms with E-state index in [0.717, 1.165) is 6.26 Å². The molecule has 18 heavy (non-hydrogen) atoms. The molecule has 7 heteroatoms. The van der Waals surface area contributed by atoms with Crippen LogP contribution in [0.15, 0.2) is 18.2 Å². The van der Waals surface area contributed by atoms with Gasteiger partial charge < -0.3 is 16.2 Å². The molecule has 0 radical (unpaired) electrons. The van der Waals surface area contributed by atoms with E-state index < -0.39 is 21.8 Å². The van der Waals surface area contributed by atoms with Crippen LogP contribution in [-0.4, -0.2) is 37.5 Å². The lowest BCUT2D eigenvalue weighted by Gasteiger charge is -2.16. The molecule has 0 amide bonds. The average Bonchev–Trinajstić information content (AvgIpc) is 2.13. The molecule has 1 atom stereocenters. The van der Waals surface area contributed by atoms with Gasteiger partial charge in [-0.15, -0.1) is 0 Å². The van der Waals surface area contributed by atoms with Crippen LogP contribution in [0.3, 0.4) is 0 Å². The van der Waals surface area contributed by atoms with Crippen LogP contribution in [-0.2, 0) is 9.84 Å².